The van der Waals surface area contributed by atoms with E-state index in [0.717, 1.165) is 60.4 Å². The van der Waals surface area contributed by atoms with E-state index in [-0.39, 0.29) is 0 Å². The van der Waals surface area contributed by atoms with Gasteiger partial charge in [-0.2, -0.15) is 0 Å². The first-order valence-electron chi connectivity index (χ1n) is 9.30. The molecular weight excluding hydrogens is 352 g/mol. The van der Waals surface area contributed by atoms with Crippen LogP contribution < -0.4 is 9.80 Å². The highest BCUT2D eigenvalue weighted by Gasteiger charge is 2.22. The first kappa shape index (κ1) is 16.6. The van der Waals surface area contributed by atoms with Crippen molar-refractivity contribution in [2.45, 2.75) is 0 Å². The Balaban J connectivity index is 1.35. The lowest BCUT2D eigenvalue weighted by Crippen LogP contribution is -2.47. The fourth-order valence-corrected chi connectivity index (χ4v) is 3.59. The molecule has 0 aromatic carbocycles. The second-order valence-electron chi connectivity index (χ2n) is 6.79. The molecule has 1 aliphatic heterocycles. The van der Waals surface area contributed by atoms with Gasteiger partial charge in [-0.05, 0) is 24.3 Å². The van der Waals surface area contributed by atoms with Crippen LogP contribution in [0.3, 0.4) is 0 Å². The number of rotatable bonds is 3. The molecule has 8 heteroatoms. The van der Waals surface area contributed by atoms with Crippen molar-refractivity contribution in [3.8, 4) is 11.4 Å². The van der Waals surface area contributed by atoms with Crippen LogP contribution in [0.4, 0.5) is 11.8 Å². The number of aryl methyl sites for hydroxylation is 1. The van der Waals surface area contributed by atoms with Gasteiger partial charge in [0.1, 0.15) is 17.8 Å². The van der Waals surface area contributed by atoms with Crippen LogP contribution in [0.15, 0.2) is 55.2 Å². The first-order chi connectivity index (χ1) is 13.8. The zero-order valence-corrected chi connectivity index (χ0v) is 15.6. The molecule has 0 aliphatic carbocycles. The monoisotopic (exact) mass is 372 g/mol. The minimum Gasteiger partial charge on any atom is -0.352 e. The van der Waals surface area contributed by atoms with Crippen LogP contribution in [0.5, 0.6) is 0 Å². The van der Waals surface area contributed by atoms with Gasteiger partial charge >= 0.3 is 0 Å². The Hall–Kier alpha value is -3.55. The van der Waals surface area contributed by atoms with Gasteiger partial charge in [-0.25, -0.2) is 19.9 Å². The van der Waals surface area contributed by atoms with Gasteiger partial charge in [0.2, 0.25) is 5.95 Å². The molecule has 140 valence electrons. The van der Waals surface area contributed by atoms with Gasteiger partial charge in [0.05, 0.1) is 16.8 Å². The van der Waals surface area contributed by atoms with E-state index in [2.05, 4.69) is 35.8 Å². The van der Waals surface area contributed by atoms with Crippen LogP contribution in [0, 0.1) is 0 Å². The SMILES string of the molecule is Cn1ccc2c(N3CCN(c4nccc(-c5ccccn5)n4)CC3)ncnc21. The van der Waals surface area contributed by atoms with Crippen LogP contribution in [-0.2, 0) is 7.05 Å². The molecule has 0 atom stereocenters. The molecule has 1 fully saturated rings. The predicted molar refractivity (Wildman–Crippen MR) is 108 cm³/mol. The fourth-order valence-electron chi connectivity index (χ4n) is 3.59. The molecule has 5 heterocycles. The summed E-state index contributed by atoms with van der Waals surface area (Å²) in [5.74, 6) is 1.74. The van der Waals surface area contributed by atoms with Crippen molar-refractivity contribution in [1.29, 1.82) is 0 Å². The van der Waals surface area contributed by atoms with Crippen LogP contribution in [0.1, 0.15) is 0 Å². The summed E-state index contributed by atoms with van der Waals surface area (Å²) in [4.78, 5) is 27.0. The van der Waals surface area contributed by atoms with Crippen LogP contribution >= 0.6 is 0 Å². The maximum absolute atomic E-state index is 4.72. The molecule has 0 unspecified atom stereocenters. The summed E-state index contributed by atoms with van der Waals surface area (Å²) >= 11 is 0. The smallest absolute Gasteiger partial charge is 0.226 e. The van der Waals surface area contributed by atoms with Crippen LogP contribution in [0.25, 0.3) is 22.4 Å². The van der Waals surface area contributed by atoms with Crippen LogP contribution in [-0.4, -0.2) is 55.7 Å². The highest BCUT2D eigenvalue weighted by atomic mass is 15.3. The third-order valence-corrected chi connectivity index (χ3v) is 5.07. The molecule has 4 aromatic rings. The molecule has 0 N–H and O–H groups in total. The van der Waals surface area contributed by atoms with E-state index in [0.29, 0.717) is 0 Å². The van der Waals surface area contributed by atoms with E-state index in [1.54, 1.807) is 18.7 Å². The number of hydrogen-bond donors (Lipinski definition) is 0. The number of pyridine rings is 1. The zero-order chi connectivity index (χ0) is 18.9. The molecule has 1 saturated heterocycles. The number of fused-ring (bicyclic) bond motifs is 1. The molecule has 0 saturated carbocycles. The highest BCUT2D eigenvalue weighted by molar-refractivity contribution is 5.87. The molecular formula is C20H20N8. The van der Waals surface area contributed by atoms with Crippen molar-refractivity contribution in [2.24, 2.45) is 7.05 Å². The average Bonchev–Trinajstić information content (AvgIpc) is 3.16. The van der Waals surface area contributed by atoms with Crippen molar-refractivity contribution in [3.05, 3.63) is 55.2 Å². The molecule has 0 bridgehead atoms. The van der Waals surface area contributed by atoms with E-state index < -0.39 is 0 Å². The summed E-state index contributed by atoms with van der Waals surface area (Å²) in [5.41, 5.74) is 2.66. The predicted octanol–water partition coefficient (Wildman–Crippen LogP) is 2.15. The molecule has 0 spiro atoms. The van der Waals surface area contributed by atoms with Crippen molar-refractivity contribution in [2.75, 3.05) is 36.0 Å². The molecule has 28 heavy (non-hydrogen) atoms. The average molecular weight is 372 g/mol. The second kappa shape index (κ2) is 6.88. The molecule has 8 nitrogen and oxygen atoms in total. The van der Waals surface area contributed by atoms with E-state index in [4.69, 9.17) is 4.98 Å². The maximum atomic E-state index is 4.72. The summed E-state index contributed by atoms with van der Waals surface area (Å²) in [6.45, 7) is 3.39. The van der Waals surface area contributed by atoms with E-state index in [1.807, 2.05) is 42.1 Å². The third-order valence-electron chi connectivity index (χ3n) is 5.07. The molecule has 1 aliphatic rings. The summed E-state index contributed by atoms with van der Waals surface area (Å²) in [5, 5.41) is 1.09. The lowest BCUT2D eigenvalue weighted by Gasteiger charge is -2.35. The first-order valence-corrected chi connectivity index (χ1v) is 9.30. The highest BCUT2D eigenvalue weighted by Crippen LogP contribution is 2.25. The summed E-state index contributed by atoms with van der Waals surface area (Å²) in [6, 6.07) is 9.81. The van der Waals surface area contributed by atoms with E-state index in [1.165, 1.54) is 0 Å². The lowest BCUT2D eigenvalue weighted by molar-refractivity contribution is 0.636. The molecule has 0 radical (unpaired) electrons. The molecule has 5 rings (SSSR count). The third kappa shape index (κ3) is 2.92. The number of piperazine rings is 1. The topological polar surface area (TPSA) is 75.9 Å². The Kier molecular flexibility index (Phi) is 4.08. The standard InChI is InChI=1S/C20H20N8/c1-26-9-6-15-18(26)23-14-24-19(15)27-10-12-28(13-11-27)20-22-8-5-17(25-20)16-4-2-3-7-21-16/h2-9,14H,10-13H2,1H3. The Morgan fingerprint density at radius 2 is 1.64 bits per heavy atom. The minimum atomic E-state index is 0.746. The summed E-state index contributed by atoms with van der Waals surface area (Å²) in [6.07, 6.45) is 7.25. The normalized spacial score (nSPS) is 14.6. The maximum Gasteiger partial charge on any atom is 0.226 e. The van der Waals surface area contributed by atoms with Gasteiger partial charge in [0, 0.05) is 51.8 Å². The van der Waals surface area contributed by atoms with Crippen LogP contribution in [0.2, 0.25) is 0 Å². The fraction of sp³-hybridized carbons (Fsp3) is 0.250. The van der Waals surface area contributed by atoms with Crippen molar-refractivity contribution >= 4 is 22.8 Å². The number of nitrogens with zero attached hydrogens (tertiary/aromatic N) is 8. The van der Waals surface area contributed by atoms with Crippen molar-refractivity contribution in [3.63, 3.8) is 0 Å². The number of hydrogen-bond acceptors (Lipinski definition) is 7. The Morgan fingerprint density at radius 1 is 0.786 bits per heavy atom. The number of aromatic nitrogens is 6. The van der Waals surface area contributed by atoms with Gasteiger partial charge in [-0.1, -0.05) is 6.07 Å². The van der Waals surface area contributed by atoms with Gasteiger partial charge in [0.15, 0.2) is 0 Å². The van der Waals surface area contributed by atoms with Gasteiger partial charge in [-0.15, -0.1) is 0 Å². The quantitative estimate of drug-likeness (QED) is 0.545. The summed E-state index contributed by atoms with van der Waals surface area (Å²) < 4.78 is 2.02. The summed E-state index contributed by atoms with van der Waals surface area (Å²) in [7, 11) is 2.00. The lowest BCUT2D eigenvalue weighted by atomic mass is 10.2. The van der Waals surface area contributed by atoms with Crippen molar-refractivity contribution < 1.29 is 0 Å². The minimum absolute atomic E-state index is 0.746. The second-order valence-corrected chi connectivity index (χ2v) is 6.79. The van der Waals surface area contributed by atoms with E-state index >= 15 is 0 Å². The molecule has 4 aromatic heterocycles. The van der Waals surface area contributed by atoms with Crippen molar-refractivity contribution in [1.82, 2.24) is 29.5 Å². The Bertz CT molecular complexity index is 1100. The zero-order valence-electron chi connectivity index (χ0n) is 15.6. The molecule has 0 amide bonds. The van der Waals surface area contributed by atoms with E-state index in [9.17, 15) is 0 Å². The number of anilines is 2. The Labute approximate surface area is 162 Å². The Morgan fingerprint density at radius 3 is 2.46 bits per heavy atom. The van der Waals surface area contributed by atoms with Gasteiger partial charge in [-0.3, -0.25) is 4.98 Å². The van der Waals surface area contributed by atoms with Gasteiger partial charge in [0.25, 0.3) is 0 Å². The van der Waals surface area contributed by atoms with Gasteiger partial charge < -0.3 is 14.4 Å². The largest absolute Gasteiger partial charge is 0.352 e.